The molecule has 1 amide bonds. The minimum atomic E-state index is 0. The van der Waals surface area contributed by atoms with Crippen molar-refractivity contribution < 1.29 is 9.53 Å². The van der Waals surface area contributed by atoms with E-state index in [1.807, 2.05) is 52.9 Å². The van der Waals surface area contributed by atoms with E-state index in [2.05, 4.69) is 5.10 Å². The number of nitrogens with two attached hydrogens (primary N) is 1. The zero-order valence-corrected chi connectivity index (χ0v) is 18.2. The first-order valence-corrected chi connectivity index (χ1v) is 10.6. The number of hydrogen-bond acceptors (Lipinski definition) is 5. The maximum atomic E-state index is 13.0. The SMILES string of the molecule is Cc1nn(-c2ccccc2)c2sc(C(=O)N3CCC(OCCCN)CC3)cc12.Cl. The van der Waals surface area contributed by atoms with Gasteiger partial charge in [0.15, 0.2) is 0 Å². The molecular weight excluding hydrogens is 408 g/mol. The molecule has 1 aliphatic rings. The summed E-state index contributed by atoms with van der Waals surface area (Å²) in [4.78, 5) is 16.8. The van der Waals surface area contributed by atoms with Crippen molar-refractivity contribution in [1.82, 2.24) is 14.7 Å². The second-order valence-electron chi connectivity index (χ2n) is 7.17. The van der Waals surface area contributed by atoms with Gasteiger partial charge in [0.05, 0.1) is 22.4 Å². The van der Waals surface area contributed by atoms with Gasteiger partial charge in [-0.1, -0.05) is 18.2 Å². The van der Waals surface area contributed by atoms with E-state index in [0.29, 0.717) is 13.2 Å². The lowest BCUT2D eigenvalue weighted by Crippen LogP contribution is -2.40. The van der Waals surface area contributed by atoms with Gasteiger partial charge in [0.25, 0.3) is 5.91 Å². The molecule has 3 heterocycles. The fraction of sp³-hybridized carbons (Fsp3) is 0.429. The van der Waals surface area contributed by atoms with Gasteiger partial charge >= 0.3 is 0 Å². The van der Waals surface area contributed by atoms with Gasteiger partial charge in [-0.15, -0.1) is 23.7 Å². The summed E-state index contributed by atoms with van der Waals surface area (Å²) in [5.74, 6) is 0.112. The van der Waals surface area contributed by atoms with Crippen LogP contribution in [0.25, 0.3) is 15.9 Å². The van der Waals surface area contributed by atoms with E-state index in [9.17, 15) is 4.79 Å². The number of amides is 1. The van der Waals surface area contributed by atoms with Crippen molar-refractivity contribution in [3.63, 3.8) is 0 Å². The summed E-state index contributed by atoms with van der Waals surface area (Å²) in [7, 11) is 0. The molecule has 0 radical (unpaired) electrons. The second kappa shape index (κ2) is 9.71. The van der Waals surface area contributed by atoms with Crippen LogP contribution in [-0.4, -0.2) is 52.9 Å². The molecule has 6 nitrogen and oxygen atoms in total. The molecule has 0 aliphatic carbocycles. The maximum Gasteiger partial charge on any atom is 0.264 e. The number of ether oxygens (including phenoxy) is 1. The minimum Gasteiger partial charge on any atom is -0.378 e. The third kappa shape index (κ3) is 4.64. The Bertz CT molecular complexity index is 948. The molecule has 2 N–H and O–H groups in total. The van der Waals surface area contributed by atoms with Crippen LogP contribution < -0.4 is 5.73 Å². The van der Waals surface area contributed by atoms with E-state index in [1.165, 1.54) is 11.3 Å². The molecule has 2 aromatic heterocycles. The molecule has 29 heavy (non-hydrogen) atoms. The number of para-hydroxylation sites is 1. The lowest BCUT2D eigenvalue weighted by molar-refractivity contribution is 0.00858. The van der Waals surface area contributed by atoms with Crippen molar-refractivity contribution in [2.45, 2.75) is 32.3 Å². The van der Waals surface area contributed by atoms with Gasteiger partial charge in [-0.25, -0.2) is 4.68 Å². The normalized spacial score (nSPS) is 14.9. The summed E-state index contributed by atoms with van der Waals surface area (Å²) >= 11 is 1.52. The standard InChI is InChI=1S/C21H26N4O2S.ClH/c1-15-18-14-19(28-21(18)25(23-15)16-6-3-2-4-7-16)20(26)24-11-8-17(9-12-24)27-13-5-10-22;/h2-4,6-7,14,17H,5,8-13,22H2,1H3;1H. The highest BCUT2D eigenvalue weighted by molar-refractivity contribution is 7.20. The Balaban J connectivity index is 0.00000240. The Kier molecular flexibility index (Phi) is 7.29. The van der Waals surface area contributed by atoms with Crippen molar-refractivity contribution in [3.8, 4) is 5.69 Å². The summed E-state index contributed by atoms with van der Waals surface area (Å²) in [5.41, 5.74) is 7.47. The van der Waals surface area contributed by atoms with Crippen molar-refractivity contribution in [2.75, 3.05) is 26.2 Å². The number of piperidine rings is 1. The number of rotatable bonds is 6. The van der Waals surface area contributed by atoms with E-state index in [1.54, 1.807) is 0 Å². The average molecular weight is 435 g/mol. The van der Waals surface area contributed by atoms with E-state index in [4.69, 9.17) is 10.5 Å². The predicted molar refractivity (Wildman–Crippen MR) is 119 cm³/mol. The Hall–Kier alpha value is -1.93. The molecule has 4 rings (SSSR count). The molecule has 1 saturated heterocycles. The van der Waals surface area contributed by atoms with Gasteiger partial charge in [-0.05, 0) is 50.9 Å². The predicted octanol–water partition coefficient (Wildman–Crippen LogP) is 3.79. The first kappa shape index (κ1) is 21.8. The van der Waals surface area contributed by atoms with Gasteiger partial charge in [-0.3, -0.25) is 4.79 Å². The number of hydrogen-bond donors (Lipinski definition) is 1. The molecule has 156 valence electrons. The maximum absolute atomic E-state index is 13.0. The van der Waals surface area contributed by atoms with Gasteiger partial charge in [0.1, 0.15) is 4.83 Å². The molecule has 0 saturated carbocycles. The van der Waals surface area contributed by atoms with Crippen molar-refractivity contribution in [3.05, 3.63) is 47.0 Å². The zero-order valence-electron chi connectivity index (χ0n) is 16.5. The van der Waals surface area contributed by atoms with Crippen molar-refractivity contribution in [2.24, 2.45) is 5.73 Å². The monoisotopic (exact) mass is 434 g/mol. The van der Waals surface area contributed by atoms with Crippen LogP contribution in [-0.2, 0) is 4.74 Å². The number of fused-ring (bicyclic) bond motifs is 1. The molecule has 0 bridgehead atoms. The van der Waals surface area contributed by atoms with Crippen LogP contribution in [0.15, 0.2) is 36.4 Å². The fourth-order valence-corrected chi connectivity index (χ4v) is 4.76. The quantitative estimate of drug-likeness (QED) is 0.599. The zero-order chi connectivity index (χ0) is 19.5. The number of halogens is 1. The van der Waals surface area contributed by atoms with Crippen molar-refractivity contribution in [1.29, 1.82) is 0 Å². The molecule has 3 aromatic rings. The van der Waals surface area contributed by atoms with Crippen LogP contribution in [0, 0.1) is 6.92 Å². The summed E-state index contributed by atoms with van der Waals surface area (Å²) in [6, 6.07) is 12.0. The summed E-state index contributed by atoms with van der Waals surface area (Å²) in [5, 5.41) is 5.71. The third-order valence-corrected chi connectivity index (χ3v) is 6.29. The van der Waals surface area contributed by atoms with Crippen LogP contribution in [0.5, 0.6) is 0 Å². The lowest BCUT2D eigenvalue weighted by Gasteiger charge is -2.31. The molecule has 1 aliphatic heterocycles. The largest absolute Gasteiger partial charge is 0.378 e. The number of nitrogens with zero attached hydrogens (tertiary/aromatic N) is 3. The smallest absolute Gasteiger partial charge is 0.264 e. The van der Waals surface area contributed by atoms with Crippen LogP contribution >= 0.6 is 23.7 Å². The van der Waals surface area contributed by atoms with E-state index >= 15 is 0 Å². The van der Waals surface area contributed by atoms with Gasteiger partial charge < -0.3 is 15.4 Å². The molecular formula is C21H27ClN4O2S. The number of thiophene rings is 1. The summed E-state index contributed by atoms with van der Waals surface area (Å²) < 4.78 is 7.78. The summed E-state index contributed by atoms with van der Waals surface area (Å²) in [6.45, 7) is 4.84. The average Bonchev–Trinajstić information content (AvgIpc) is 3.29. The summed E-state index contributed by atoms with van der Waals surface area (Å²) in [6.07, 6.45) is 2.90. The Morgan fingerprint density at radius 1 is 1.28 bits per heavy atom. The fourth-order valence-electron chi connectivity index (χ4n) is 3.61. The lowest BCUT2D eigenvalue weighted by atomic mass is 10.1. The minimum absolute atomic E-state index is 0. The first-order chi connectivity index (χ1) is 13.7. The van der Waals surface area contributed by atoms with E-state index < -0.39 is 0 Å². The van der Waals surface area contributed by atoms with Gasteiger partial charge in [0.2, 0.25) is 0 Å². The van der Waals surface area contributed by atoms with E-state index in [-0.39, 0.29) is 24.4 Å². The number of carbonyl (C=O) groups excluding carboxylic acids is 1. The van der Waals surface area contributed by atoms with Crippen LogP contribution in [0.2, 0.25) is 0 Å². The number of carbonyl (C=O) groups is 1. The van der Waals surface area contributed by atoms with E-state index in [0.717, 1.165) is 58.8 Å². The molecule has 0 unspecified atom stereocenters. The molecule has 0 atom stereocenters. The van der Waals surface area contributed by atoms with Crippen LogP contribution in [0.3, 0.4) is 0 Å². The highest BCUT2D eigenvalue weighted by atomic mass is 35.5. The number of benzene rings is 1. The number of likely N-dealkylation sites (tertiary alicyclic amines) is 1. The van der Waals surface area contributed by atoms with Gasteiger partial charge in [-0.2, -0.15) is 5.10 Å². The Morgan fingerprint density at radius 3 is 2.69 bits per heavy atom. The van der Waals surface area contributed by atoms with Gasteiger partial charge in [0, 0.05) is 25.1 Å². The highest BCUT2D eigenvalue weighted by Crippen LogP contribution is 2.31. The van der Waals surface area contributed by atoms with Crippen LogP contribution in [0.1, 0.15) is 34.6 Å². The first-order valence-electron chi connectivity index (χ1n) is 9.83. The Labute approximate surface area is 181 Å². The number of aryl methyl sites for hydroxylation is 1. The molecule has 1 aromatic carbocycles. The molecule has 8 heteroatoms. The number of aromatic nitrogens is 2. The Morgan fingerprint density at radius 2 is 2.00 bits per heavy atom. The molecule has 0 spiro atoms. The second-order valence-corrected chi connectivity index (χ2v) is 8.20. The topological polar surface area (TPSA) is 73.4 Å². The highest BCUT2D eigenvalue weighted by Gasteiger charge is 2.26. The van der Waals surface area contributed by atoms with Crippen LogP contribution in [0.4, 0.5) is 0 Å². The third-order valence-electron chi connectivity index (χ3n) is 5.19. The van der Waals surface area contributed by atoms with Crippen molar-refractivity contribution >= 4 is 39.9 Å². The molecule has 1 fully saturated rings.